The smallest absolute Gasteiger partial charge is 0.237 e. The number of nitrogens with zero attached hydrogens (tertiary/aromatic N) is 2. The van der Waals surface area contributed by atoms with E-state index in [9.17, 15) is 13.2 Å². The van der Waals surface area contributed by atoms with Crippen molar-refractivity contribution in [2.45, 2.75) is 50.7 Å². The Morgan fingerprint density at radius 2 is 2.00 bits per heavy atom. The molecule has 1 aliphatic carbocycles. The van der Waals surface area contributed by atoms with Gasteiger partial charge >= 0.3 is 0 Å². The van der Waals surface area contributed by atoms with Crippen LogP contribution in [0.4, 0.5) is 0 Å². The van der Waals surface area contributed by atoms with Gasteiger partial charge in [-0.15, -0.1) is 0 Å². The molecule has 1 amide bonds. The van der Waals surface area contributed by atoms with Gasteiger partial charge in [0.2, 0.25) is 5.91 Å². The van der Waals surface area contributed by atoms with E-state index >= 15 is 0 Å². The molecule has 2 aliphatic rings. The molecule has 1 saturated carbocycles. The lowest BCUT2D eigenvalue weighted by Gasteiger charge is -2.35. The van der Waals surface area contributed by atoms with Crippen LogP contribution in [0.15, 0.2) is 22.8 Å². The van der Waals surface area contributed by atoms with Crippen LogP contribution in [0, 0.1) is 0 Å². The van der Waals surface area contributed by atoms with E-state index in [1.165, 1.54) is 0 Å². The minimum atomic E-state index is -3.00. The van der Waals surface area contributed by atoms with Crippen molar-refractivity contribution in [2.75, 3.05) is 25.1 Å². The zero-order chi connectivity index (χ0) is 17.2. The molecule has 3 rings (SSSR count). The third-order valence-electron chi connectivity index (χ3n) is 5.02. The number of amides is 1. The summed E-state index contributed by atoms with van der Waals surface area (Å²) in [4.78, 5) is 16.7. The monoisotopic (exact) mass is 354 g/mol. The summed E-state index contributed by atoms with van der Waals surface area (Å²) in [6, 6.07) is 3.77. The van der Waals surface area contributed by atoms with Gasteiger partial charge in [0.1, 0.15) is 5.76 Å². The van der Waals surface area contributed by atoms with Gasteiger partial charge in [0, 0.05) is 12.1 Å². The van der Waals surface area contributed by atoms with Gasteiger partial charge in [-0.3, -0.25) is 9.69 Å². The molecule has 7 heteroatoms. The fourth-order valence-electron chi connectivity index (χ4n) is 3.92. The van der Waals surface area contributed by atoms with Gasteiger partial charge in [0.25, 0.3) is 0 Å². The van der Waals surface area contributed by atoms with Crippen LogP contribution in [0.2, 0.25) is 0 Å². The van der Waals surface area contributed by atoms with Crippen LogP contribution in [0.1, 0.15) is 37.9 Å². The molecule has 0 spiro atoms. The quantitative estimate of drug-likeness (QED) is 0.777. The molecule has 0 bridgehead atoms. The molecule has 1 aromatic rings. The van der Waals surface area contributed by atoms with Crippen LogP contribution < -0.4 is 0 Å². The van der Waals surface area contributed by atoms with Gasteiger partial charge < -0.3 is 9.32 Å². The minimum absolute atomic E-state index is 0.0399. The van der Waals surface area contributed by atoms with Gasteiger partial charge in [-0.1, -0.05) is 12.8 Å². The van der Waals surface area contributed by atoms with Crippen LogP contribution >= 0.6 is 0 Å². The fourth-order valence-corrected chi connectivity index (χ4v) is 5.63. The highest BCUT2D eigenvalue weighted by Crippen LogP contribution is 2.29. The lowest BCUT2D eigenvalue weighted by atomic mass is 10.1. The number of sulfone groups is 1. The predicted molar refractivity (Wildman–Crippen MR) is 91.2 cm³/mol. The van der Waals surface area contributed by atoms with Gasteiger partial charge in [0.05, 0.1) is 30.9 Å². The maximum atomic E-state index is 12.9. The average Bonchev–Trinajstić information content (AvgIpc) is 3.22. The standard InChI is InChI=1S/C17H26N2O4S/c1-18(11-16-7-4-9-23-16)12-17(20)19(14-5-2-3-6-14)15-8-10-24(21,22)13-15/h4,7,9,14-15H,2-3,5-6,8,10-13H2,1H3. The second-order valence-corrected chi connectivity index (χ2v) is 9.28. The van der Waals surface area contributed by atoms with E-state index in [-0.39, 0.29) is 36.0 Å². The summed E-state index contributed by atoms with van der Waals surface area (Å²) in [7, 11) is -1.11. The number of carbonyl (C=O) groups excluding carboxylic acids is 1. The van der Waals surface area contributed by atoms with E-state index in [0.717, 1.165) is 31.4 Å². The molecule has 2 heterocycles. The van der Waals surface area contributed by atoms with Crippen molar-refractivity contribution in [2.24, 2.45) is 0 Å². The van der Waals surface area contributed by atoms with Crippen molar-refractivity contribution < 1.29 is 17.6 Å². The van der Waals surface area contributed by atoms with Crippen LogP contribution in [0.3, 0.4) is 0 Å². The first-order valence-electron chi connectivity index (χ1n) is 8.67. The first-order valence-corrected chi connectivity index (χ1v) is 10.5. The zero-order valence-corrected chi connectivity index (χ0v) is 15.0. The summed E-state index contributed by atoms with van der Waals surface area (Å²) >= 11 is 0. The Hall–Kier alpha value is -1.34. The first kappa shape index (κ1) is 17.5. The molecule has 24 heavy (non-hydrogen) atoms. The predicted octanol–water partition coefficient (Wildman–Crippen LogP) is 1.67. The Kier molecular flexibility index (Phi) is 5.30. The summed E-state index contributed by atoms with van der Waals surface area (Å²) in [6.45, 7) is 0.855. The Labute approximate surface area is 143 Å². The van der Waals surface area contributed by atoms with E-state index < -0.39 is 9.84 Å². The molecule has 0 aromatic carbocycles. The number of furan rings is 1. The molecular formula is C17H26N2O4S. The van der Waals surface area contributed by atoms with E-state index in [4.69, 9.17) is 4.42 Å². The number of likely N-dealkylation sites (N-methyl/N-ethyl adjacent to an activating group) is 1. The number of carbonyl (C=O) groups is 1. The van der Waals surface area contributed by atoms with E-state index in [2.05, 4.69) is 0 Å². The van der Waals surface area contributed by atoms with Gasteiger partial charge in [-0.05, 0) is 38.4 Å². The van der Waals surface area contributed by atoms with Crippen LogP contribution in [-0.2, 0) is 21.2 Å². The summed E-state index contributed by atoms with van der Waals surface area (Å²) in [5, 5.41) is 0. The fraction of sp³-hybridized carbons (Fsp3) is 0.706. The third kappa shape index (κ3) is 4.19. The van der Waals surface area contributed by atoms with E-state index in [0.29, 0.717) is 13.0 Å². The molecule has 1 atom stereocenters. The third-order valence-corrected chi connectivity index (χ3v) is 6.77. The molecular weight excluding hydrogens is 328 g/mol. The van der Waals surface area contributed by atoms with Gasteiger partial charge in [-0.25, -0.2) is 8.42 Å². The van der Waals surface area contributed by atoms with Crippen molar-refractivity contribution in [3.63, 3.8) is 0 Å². The molecule has 2 fully saturated rings. The SMILES string of the molecule is CN(CC(=O)N(C1CCCC1)C1CCS(=O)(=O)C1)Cc1ccco1. The molecule has 6 nitrogen and oxygen atoms in total. The highest BCUT2D eigenvalue weighted by atomic mass is 32.2. The Balaban J connectivity index is 1.66. The lowest BCUT2D eigenvalue weighted by Crippen LogP contribution is -2.50. The highest BCUT2D eigenvalue weighted by molar-refractivity contribution is 7.91. The van der Waals surface area contributed by atoms with Crippen molar-refractivity contribution in [3.8, 4) is 0 Å². The summed E-state index contributed by atoms with van der Waals surface area (Å²) in [6.07, 6.45) is 6.42. The highest BCUT2D eigenvalue weighted by Gasteiger charge is 2.39. The summed E-state index contributed by atoms with van der Waals surface area (Å²) in [5.41, 5.74) is 0. The molecule has 134 valence electrons. The Morgan fingerprint density at radius 1 is 1.25 bits per heavy atom. The molecule has 0 N–H and O–H groups in total. The average molecular weight is 354 g/mol. The van der Waals surface area contributed by atoms with E-state index in [1.54, 1.807) is 6.26 Å². The molecule has 1 saturated heterocycles. The van der Waals surface area contributed by atoms with Crippen LogP contribution in [0.25, 0.3) is 0 Å². The van der Waals surface area contributed by atoms with Gasteiger partial charge in [-0.2, -0.15) is 0 Å². The van der Waals surface area contributed by atoms with Crippen LogP contribution in [0.5, 0.6) is 0 Å². The van der Waals surface area contributed by atoms with Crippen LogP contribution in [-0.4, -0.2) is 61.3 Å². The normalized spacial score (nSPS) is 23.8. The van der Waals surface area contributed by atoms with Crippen molar-refractivity contribution in [1.29, 1.82) is 0 Å². The summed E-state index contributed by atoms with van der Waals surface area (Å²) < 4.78 is 29.0. The minimum Gasteiger partial charge on any atom is -0.468 e. The zero-order valence-electron chi connectivity index (χ0n) is 14.2. The van der Waals surface area contributed by atoms with E-state index in [1.807, 2.05) is 29.0 Å². The number of rotatable bonds is 6. The molecule has 1 aliphatic heterocycles. The molecule has 1 aromatic heterocycles. The maximum Gasteiger partial charge on any atom is 0.237 e. The van der Waals surface area contributed by atoms with Gasteiger partial charge in [0.15, 0.2) is 9.84 Å². The second kappa shape index (κ2) is 7.27. The molecule has 1 unspecified atom stereocenters. The Morgan fingerprint density at radius 3 is 2.58 bits per heavy atom. The topological polar surface area (TPSA) is 70.8 Å². The largest absolute Gasteiger partial charge is 0.468 e. The number of hydrogen-bond donors (Lipinski definition) is 0. The lowest BCUT2D eigenvalue weighted by molar-refractivity contribution is -0.136. The maximum absolute atomic E-state index is 12.9. The van der Waals surface area contributed by atoms with Crippen molar-refractivity contribution in [3.05, 3.63) is 24.2 Å². The Bertz CT molecular complexity index is 650. The van der Waals surface area contributed by atoms with Crippen molar-refractivity contribution >= 4 is 15.7 Å². The number of hydrogen-bond acceptors (Lipinski definition) is 5. The summed E-state index contributed by atoms with van der Waals surface area (Å²) in [5.74, 6) is 1.19. The first-order chi connectivity index (χ1) is 11.4. The molecule has 0 radical (unpaired) electrons. The van der Waals surface area contributed by atoms with Crippen molar-refractivity contribution in [1.82, 2.24) is 9.80 Å². The second-order valence-electron chi connectivity index (χ2n) is 7.05.